The Labute approximate surface area is 148 Å². The Morgan fingerprint density at radius 1 is 1.21 bits per heavy atom. The lowest BCUT2D eigenvalue weighted by molar-refractivity contribution is -0.119. The standard InChI is InChI=1S/C17H28N4O2S/c1-10(2)18-16(23)20-15(22)13(5)24-17-19-11(3)12(4)21(17)14-8-6-7-9-14/h10,13-14H,6-9H2,1-5H3,(H2,18,20,22,23)/t13-/m1/s1. The fourth-order valence-electron chi connectivity index (χ4n) is 3.00. The zero-order valence-electron chi connectivity index (χ0n) is 15.2. The normalized spacial score (nSPS) is 16.4. The molecule has 1 saturated carbocycles. The highest BCUT2D eigenvalue weighted by Gasteiger charge is 2.26. The summed E-state index contributed by atoms with van der Waals surface area (Å²) in [7, 11) is 0. The van der Waals surface area contributed by atoms with E-state index in [0.717, 1.165) is 10.9 Å². The van der Waals surface area contributed by atoms with Gasteiger partial charge in [0.25, 0.3) is 0 Å². The summed E-state index contributed by atoms with van der Waals surface area (Å²) in [4.78, 5) is 28.6. The van der Waals surface area contributed by atoms with E-state index in [1.165, 1.54) is 43.1 Å². The van der Waals surface area contributed by atoms with E-state index in [4.69, 9.17) is 0 Å². The maximum absolute atomic E-state index is 12.2. The van der Waals surface area contributed by atoms with E-state index < -0.39 is 6.03 Å². The van der Waals surface area contributed by atoms with E-state index in [9.17, 15) is 9.59 Å². The van der Waals surface area contributed by atoms with Gasteiger partial charge in [-0.05, 0) is 47.5 Å². The number of hydrogen-bond donors (Lipinski definition) is 2. The van der Waals surface area contributed by atoms with E-state index in [0.29, 0.717) is 6.04 Å². The Morgan fingerprint density at radius 3 is 2.42 bits per heavy atom. The molecule has 3 amide bonds. The topological polar surface area (TPSA) is 76.0 Å². The molecule has 1 atom stereocenters. The number of urea groups is 1. The molecule has 7 heteroatoms. The fraction of sp³-hybridized carbons (Fsp3) is 0.706. The van der Waals surface area contributed by atoms with Crippen molar-refractivity contribution in [1.29, 1.82) is 0 Å². The lowest BCUT2D eigenvalue weighted by atomic mass is 10.2. The summed E-state index contributed by atoms with van der Waals surface area (Å²) in [5.41, 5.74) is 2.18. The molecule has 134 valence electrons. The summed E-state index contributed by atoms with van der Waals surface area (Å²) < 4.78 is 2.28. The van der Waals surface area contributed by atoms with E-state index >= 15 is 0 Å². The third-order valence-electron chi connectivity index (χ3n) is 4.35. The van der Waals surface area contributed by atoms with Crippen molar-refractivity contribution in [3.8, 4) is 0 Å². The molecule has 24 heavy (non-hydrogen) atoms. The number of carbonyl (C=O) groups is 2. The van der Waals surface area contributed by atoms with Gasteiger partial charge in [0.15, 0.2) is 5.16 Å². The summed E-state index contributed by atoms with van der Waals surface area (Å²) in [6.45, 7) is 9.61. The predicted octanol–water partition coefficient (Wildman–Crippen LogP) is 3.33. The second kappa shape index (κ2) is 8.05. The van der Waals surface area contributed by atoms with Crippen LogP contribution in [0.15, 0.2) is 5.16 Å². The number of aryl methyl sites for hydroxylation is 1. The van der Waals surface area contributed by atoms with Gasteiger partial charge in [-0.2, -0.15) is 0 Å². The third kappa shape index (κ3) is 4.53. The first-order valence-electron chi connectivity index (χ1n) is 8.63. The average molecular weight is 353 g/mol. The van der Waals surface area contributed by atoms with Crippen LogP contribution in [0.1, 0.15) is 63.9 Å². The van der Waals surface area contributed by atoms with E-state index in [1.54, 1.807) is 6.92 Å². The molecule has 0 unspecified atom stereocenters. The third-order valence-corrected chi connectivity index (χ3v) is 5.42. The zero-order chi connectivity index (χ0) is 17.9. The largest absolute Gasteiger partial charge is 0.336 e. The summed E-state index contributed by atoms with van der Waals surface area (Å²) in [5, 5.41) is 5.55. The van der Waals surface area contributed by atoms with Gasteiger partial charge in [0, 0.05) is 17.8 Å². The van der Waals surface area contributed by atoms with Gasteiger partial charge >= 0.3 is 6.03 Å². The molecule has 0 spiro atoms. The van der Waals surface area contributed by atoms with Gasteiger partial charge in [-0.3, -0.25) is 10.1 Å². The quantitative estimate of drug-likeness (QED) is 0.797. The number of hydrogen-bond acceptors (Lipinski definition) is 4. The number of carbonyl (C=O) groups excluding carboxylic acids is 2. The molecular formula is C17H28N4O2S. The van der Waals surface area contributed by atoms with Gasteiger partial charge in [0.05, 0.1) is 10.9 Å². The number of imide groups is 1. The van der Waals surface area contributed by atoms with Crippen LogP contribution < -0.4 is 10.6 Å². The number of nitrogens with one attached hydrogen (secondary N) is 2. The van der Waals surface area contributed by atoms with Crippen LogP contribution in [0.5, 0.6) is 0 Å². The molecule has 0 aromatic carbocycles. The minimum atomic E-state index is -0.450. The fourth-order valence-corrected chi connectivity index (χ4v) is 4.07. The van der Waals surface area contributed by atoms with Crippen molar-refractivity contribution >= 4 is 23.7 Å². The predicted molar refractivity (Wildman–Crippen MR) is 96.3 cm³/mol. The molecule has 1 aromatic rings. The molecule has 0 radical (unpaired) electrons. The Balaban J connectivity index is 2.06. The zero-order valence-corrected chi connectivity index (χ0v) is 16.0. The van der Waals surface area contributed by atoms with Gasteiger partial charge in [0.1, 0.15) is 0 Å². The van der Waals surface area contributed by atoms with Crippen molar-refractivity contribution in [2.45, 2.75) is 82.8 Å². The van der Waals surface area contributed by atoms with Crippen molar-refractivity contribution in [2.75, 3.05) is 0 Å². The van der Waals surface area contributed by atoms with Crippen LogP contribution >= 0.6 is 11.8 Å². The summed E-state index contributed by atoms with van der Waals surface area (Å²) in [5.74, 6) is -0.297. The first-order valence-corrected chi connectivity index (χ1v) is 9.51. The summed E-state index contributed by atoms with van der Waals surface area (Å²) >= 11 is 1.42. The molecule has 0 aliphatic heterocycles. The smallest absolute Gasteiger partial charge is 0.321 e. The monoisotopic (exact) mass is 352 g/mol. The molecule has 2 N–H and O–H groups in total. The number of thioether (sulfide) groups is 1. The molecule has 1 aromatic heterocycles. The molecule has 6 nitrogen and oxygen atoms in total. The molecule has 1 aliphatic rings. The summed E-state index contributed by atoms with van der Waals surface area (Å²) in [6, 6.07) is 0.0227. The van der Waals surface area contributed by atoms with Crippen LogP contribution in [0.2, 0.25) is 0 Å². The Morgan fingerprint density at radius 2 is 1.83 bits per heavy atom. The molecule has 2 rings (SSSR count). The van der Waals surface area contributed by atoms with Crippen LogP contribution in [-0.4, -0.2) is 32.8 Å². The van der Waals surface area contributed by atoms with Crippen LogP contribution in [0.4, 0.5) is 4.79 Å². The highest BCUT2D eigenvalue weighted by atomic mass is 32.2. The molecule has 0 saturated heterocycles. The number of amides is 3. The Bertz CT molecular complexity index is 606. The Hall–Kier alpha value is -1.50. The lowest BCUT2D eigenvalue weighted by Gasteiger charge is -2.18. The summed E-state index contributed by atoms with van der Waals surface area (Å²) in [6.07, 6.45) is 4.83. The number of rotatable bonds is 5. The minimum Gasteiger partial charge on any atom is -0.336 e. The van der Waals surface area contributed by atoms with E-state index in [-0.39, 0.29) is 17.2 Å². The van der Waals surface area contributed by atoms with E-state index in [2.05, 4.69) is 27.1 Å². The molecule has 0 bridgehead atoms. The van der Waals surface area contributed by atoms with Gasteiger partial charge in [-0.25, -0.2) is 9.78 Å². The van der Waals surface area contributed by atoms with Gasteiger partial charge in [-0.1, -0.05) is 24.6 Å². The van der Waals surface area contributed by atoms with Crippen molar-refractivity contribution in [1.82, 2.24) is 20.2 Å². The number of imidazole rings is 1. The number of nitrogens with zero attached hydrogens (tertiary/aromatic N) is 2. The lowest BCUT2D eigenvalue weighted by Crippen LogP contribution is -2.45. The maximum Gasteiger partial charge on any atom is 0.321 e. The SMILES string of the molecule is Cc1nc(S[C@H](C)C(=O)NC(=O)NC(C)C)n(C2CCCC2)c1C. The first-order chi connectivity index (χ1) is 11.3. The molecule has 1 aliphatic carbocycles. The van der Waals surface area contributed by atoms with Crippen molar-refractivity contribution in [2.24, 2.45) is 0 Å². The van der Waals surface area contributed by atoms with Crippen LogP contribution in [0.3, 0.4) is 0 Å². The van der Waals surface area contributed by atoms with Crippen molar-refractivity contribution < 1.29 is 9.59 Å². The van der Waals surface area contributed by atoms with Crippen LogP contribution in [0, 0.1) is 13.8 Å². The molecule has 1 heterocycles. The van der Waals surface area contributed by atoms with Gasteiger partial charge < -0.3 is 9.88 Å². The van der Waals surface area contributed by atoms with Crippen molar-refractivity contribution in [3.63, 3.8) is 0 Å². The second-order valence-corrected chi connectivity index (χ2v) is 8.06. The second-order valence-electron chi connectivity index (χ2n) is 6.75. The highest BCUT2D eigenvalue weighted by Crippen LogP contribution is 2.36. The van der Waals surface area contributed by atoms with Crippen LogP contribution in [-0.2, 0) is 4.79 Å². The highest BCUT2D eigenvalue weighted by molar-refractivity contribution is 8.00. The van der Waals surface area contributed by atoms with Gasteiger partial charge in [-0.15, -0.1) is 0 Å². The van der Waals surface area contributed by atoms with Crippen molar-refractivity contribution in [3.05, 3.63) is 11.4 Å². The van der Waals surface area contributed by atoms with Gasteiger partial charge in [0.2, 0.25) is 5.91 Å². The average Bonchev–Trinajstić information content (AvgIpc) is 3.07. The van der Waals surface area contributed by atoms with E-state index in [1.807, 2.05) is 20.8 Å². The maximum atomic E-state index is 12.2. The molecule has 1 fully saturated rings. The van der Waals surface area contributed by atoms with Crippen LogP contribution in [0.25, 0.3) is 0 Å². The minimum absolute atomic E-state index is 0.00711. The first kappa shape index (κ1) is 18.8. The number of aromatic nitrogens is 2. The Kier molecular flexibility index (Phi) is 6.32. The molecular weight excluding hydrogens is 324 g/mol.